The molecule has 0 aliphatic heterocycles. The van der Waals surface area contributed by atoms with E-state index in [-0.39, 0.29) is 12.2 Å². The quantitative estimate of drug-likeness (QED) is 0.879. The number of benzene rings is 1. The third kappa shape index (κ3) is 2.32. The number of carboxylic acids is 1. The number of nitrogens with one attached hydrogen (secondary N) is 1. The second-order valence-electron chi connectivity index (χ2n) is 3.58. The van der Waals surface area contributed by atoms with Gasteiger partial charge in [0.25, 0.3) is 0 Å². The molecule has 18 heavy (non-hydrogen) atoms. The summed E-state index contributed by atoms with van der Waals surface area (Å²) in [4.78, 5) is 10.6. The molecule has 0 saturated carbocycles. The first kappa shape index (κ1) is 12.1. The molecule has 0 bridgehead atoms. The highest BCUT2D eigenvalue weighted by atomic mass is 19.2. The summed E-state index contributed by atoms with van der Waals surface area (Å²) >= 11 is 0. The Morgan fingerprint density at radius 3 is 2.67 bits per heavy atom. The molecule has 1 aromatic heterocycles. The molecule has 1 aromatic carbocycles. The van der Waals surface area contributed by atoms with E-state index in [2.05, 4.69) is 5.32 Å². The van der Waals surface area contributed by atoms with Gasteiger partial charge in [0.15, 0.2) is 11.6 Å². The third-order valence-electron chi connectivity index (χ3n) is 2.38. The number of carbonyl (C=O) groups is 1. The van der Waals surface area contributed by atoms with Gasteiger partial charge >= 0.3 is 5.97 Å². The fourth-order valence-corrected chi connectivity index (χ4v) is 1.44. The summed E-state index contributed by atoms with van der Waals surface area (Å²) in [5, 5.41) is 11.3. The van der Waals surface area contributed by atoms with Crippen LogP contribution in [0.1, 0.15) is 15.9 Å². The number of aromatic carboxylic acids is 1. The van der Waals surface area contributed by atoms with Crippen molar-refractivity contribution in [3.63, 3.8) is 0 Å². The van der Waals surface area contributed by atoms with Crippen LogP contribution in [0.25, 0.3) is 0 Å². The molecule has 0 fully saturated rings. The Balaban J connectivity index is 2.19. The molecule has 0 spiro atoms. The molecule has 0 amide bonds. The van der Waals surface area contributed by atoms with E-state index in [1.807, 2.05) is 0 Å². The Morgan fingerprint density at radius 1 is 1.28 bits per heavy atom. The fraction of sp³-hybridized carbons (Fsp3) is 0.0833. The standard InChI is InChI=1S/C12H9F2NO3/c13-10-8(12(16)17)1-2-9(11(10)14)15-5-7-3-4-18-6-7/h1-4,6,15H,5H2,(H,16,17). The molecule has 4 nitrogen and oxygen atoms in total. The summed E-state index contributed by atoms with van der Waals surface area (Å²) in [5.41, 5.74) is -0.0304. The minimum absolute atomic E-state index is 0.0984. The van der Waals surface area contributed by atoms with E-state index in [0.717, 1.165) is 11.6 Å². The molecule has 1 heterocycles. The van der Waals surface area contributed by atoms with Gasteiger partial charge in [-0.25, -0.2) is 13.6 Å². The van der Waals surface area contributed by atoms with Crippen molar-refractivity contribution in [3.8, 4) is 0 Å². The fourth-order valence-electron chi connectivity index (χ4n) is 1.44. The van der Waals surface area contributed by atoms with Gasteiger partial charge in [-0.2, -0.15) is 0 Å². The largest absolute Gasteiger partial charge is 0.478 e. The van der Waals surface area contributed by atoms with E-state index in [1.54, 1.807) is 6.07 Å². The molecule has 0 atom stereocenters. The molecule has 0 radical (unpaired) electrons. The average molecular weight is 253 g/mol. The lowest BCUT2D eigenvalue weighted by molar-refractivity contribution is 0.0690. The second-order valence-corrected chi connectivity index (χ2v) is 3.58. The molecule has 2 rings (SSSR count). The highest BCUT2D eigenvalue weighted by Gasteiger charge is 2.17. The van der Waals surface area contributed by atoms with Crippen LogP contribution in [0.15, 0.2) is 35.1 Å². The SMILES string of the molecule is O=C(O)c1ccc(NCc2ccoc2)c(F)c1F. The van der Waals surface area contributed by atoms with Gasteiger partial charge in [-0.15, -0.1) is 0 Å². The van der Waals surface area contributed by atoms with Crippen LogP contribution in [-0.4, -0.2) is 11.1 Å². The first-order chi connectivity index (χ1) is 8.59. The van der Waals surface area contributed by atoms with Gasteiger partial charge in [-0.05, 0) is 18.2 Å². The van der Waals surface area contributed by atoms with E-state index in [4.69, 9.17) is 9.52 Å². The highest BCUT2D eigenvalue weighted by Crippen LogP contribution is 2.21. The summed E-state index contributed by atoms with van der Waals surface area (Å²) in [6, 6.07) is 3.87. The highest BCUT2D eigenvalue weighted by molar-refractivity contribution is 5.88. The van der Waals surface area contributed by atoms with E-state index >= 15 is 0 Å². The van der Waals surface area contributed by atoms with Crippen molar-refractivity contribution >= 4 is 11.7 Å². The van der Waals surface area contributed by atoms with E-state index in [9.17, 15) is 13.6 Å². The van der Waals surface area contributed by atoms with Crippen molar-refractivity contribution < 1.29 is 23.1 Å². The van der Waals surface area contributed by atoms with Crippen molar-refractivity contribution in [3.05, 3.63) is 53.5 Å². The Morgan fingerprint density at radius 2 is 2.06 bits per heavy atom. The zero-order valence-corrected chi connectivity index (χ0v) is 9.11. The number of hydrogen-bond donors (Lipinski definition) is 2. The molecule has 6 heteroatoms. The van der Waals surface area contributed by atoms with Crippen molar-refractivity contribution in [2.24, 2.45) is 0 Å². The molecule has 0 aliphatic carbocycles. The van der Waals surface area contributed by atoms with Crippen LogP contribution in [0.2, 0.25) is 0 Å². The Bertz CT molecular complexity index is 567. The van der Waals surface area contributed by atoms with Gasteiger partial charge < -0.3 is 14.8 Å². The number of carboxylic acid groups (broad SMARTS) is 1. The van der Waals surface area contributed by atoms with Crippen LogP contribution < -0.4 is 5.32 Å². The van der Waals surface area contributed by atoms with Crippen molar-refractivity contribution in [1.82, 2.24) is 0 Å². The Labute approximate surface area is 101 Å². The number of hydrogen-bond acceptors (Lipinski definition) is 3. The van der Waals surface area contributed by atoms with E-state index < -0.39 is 23.2 Å². The van der Waals surface area contributed by atoms with Crippen LogP contribution >= 0.6 is 0 Å². The molecule has 0 saturated heterocycles. The predicted octanol–water partition coefficient (Wildman–Crippen LogP) is 2.87. The van der Waals surface area contributed by atoms with Gasteiger partial charge in [0.2, 0.25) is 0 Å². The first-order valence-electron chi connectivity index (χ1n) is 5.06. The first-order valence-corrected chi connectivity index (χ1v) is 5.06. The van der Waals surface area contributed by atoms with Crippen molar-refractivity contribution in [1.29, 1.82) is 0 Å². The molecule has 2 aromatic rings. The van der Waals surface area contributed by atoms with Crippen LogP contribution in [0.4, 0.5) is 14.5 Å². The number of anilines is 1. The predicted molar refractivity (Wildman–Crippen MR) is 59.4 cm³/mol. The van der Waals surface area contributed by atoms with Crippen LogP contribution in [-0.2, 0) is 6.54 Å². The summed E-state index contributed by atoms with van der Waals surface area (Å²) in [7, 11) is 0. The smallest absolute Gasteiger partial charge is 0.338 e. The van der Waals surface area contributed by atoms with Crippen molar-refractivity contribution in [2.45, 2.75) is 6.54 Å². The normalized spacial score (nSPS) is 10.3. The van der Waals surface area contributed by atoms with Gasteiger partial charge in [0.1, 0.15) is 0 Å². The summed E-state index contributed by atoms with van der Waals surface area (Å²) in [6.45, 7) is 0.249. The van der Waals surface area contributed by atoms with Gasteiger partial charge in [-0.1, -0.05) is 0 Å². The lowest BCUT2D eigenvalue weighted by Gasteiger charge is -2.08. The molecule has 0 aliphatic rings. The van der Waals surface area contributed by atoms with Gasteiger partial charge in [-0.3, -0.25) is 0 Å². The molecule has 2 N–H and O–H groups in total. The molecule has 94 valence electrons. The maximum Gasteiger partial charge on any atom is 0.338 e. The lowest BCUT2D eigenvalue weighted by Crippen LogP contribution is -2.07. The minimum Gasteiger partial charge on any atom is -0.478 e. The maximum atomic E-state index is 13.5. The van der Waals surface area contributed by atoms with Crippen LogP contribution in [0.3, 0.4) is 0 Å². The van der Waals surface area contributed by atoms with E-state index in [0.29, 0.717) is 0 Å². The molecular formula is C12H9F2NO3. The Hall–Kier alpha value is -2.37. The summed E-state index contributed by atoms with van der Waals surface area (Å²) in [5.74, 6) is -4.09. The molecular weight excluding hydrogens is 244 g/mol. The zero-order chi connectivity index (χ0) is 13.1. The van der Waals surface area contributed by atoms with Gasteiger partial charge in [0.05, 0.1) is 23.8 Å². The lowest BCUT2D eigenvalue weighted by atomic mass is 10.1. The van der Waals surface area contributed by atoms with Crippen molar-refractivity contribution in [2.75, 3.05) is 5.32 Å². The number of rotatable bonds is 4. The zero-order valence-electron chi connectivity index (χ0n) is 9.11. The van der Waals surface area contributed by atoms with Gasteiger partial charge in [0, 0.05) is 12.1 Å². The summed E-state index contributed by atoms with van der Waals surface area (Å²) < 4.78 is 31.7. The van der Waals surface area contributed by atoms with Crippen LogP contribution in [0.5, 0.6) is 0 Å². The third-order valence-corrected chi connectivity index (χ3v) is 2.38. The maximum absolute atomic E-state index is 13.5. The molecule has 0 unspecified atom stereocenters. The average Bonchev–Trinajstić information content (AvgIpc) is 2.83. The number of furan rings is 1. The summed E-state index contributed by atoms with van der Waals surface area (Å²) in [6.07, 6.45) is 2.92. The monoisotopic (exact) mass is 253 g/mol. The number of halogens is 2. The Kier molecular flexibility index (Phi) is 3.27. The minimum atomic E-state index is -1.51. The van der Waals surface area contributed by atoms with Crippen LogP contribution in [0, 0.1) is 11.6 Å². The van der Waals surface area contributed by atoms with E-state index in [1.165, 1.54) is 18.6 Å². The topological polar surface area (TPSA) is 62.5 Å². The second kappa shape index (κ2) is 4.87.